The molecule has 0 bridgehead atoms. The second-order valence-electron chi connectivity index (χ2n) is 9.45. The third-order valence-electron chi connectivity index (χ3n) is 5.32. The van der Waals surface area contributed by atoms with E-state index in [1.807, 2.05) is 33.8 Å². The minimum atomic E-state index is -0.596. The highest BCUT2D eigenvalue weighted by Crippen LogP contribution is 2.28. The number of halogens is 1. The molecule has 0 fully saturated rings. The van der Waals surface area contributed by atoms with Gasteiger partial charge in [0.2, 0.25) is 0 Å². The van der Waals surface area contributed by atoms with Gasteiger partial charge in [0, 0.05) is 30.1 Å². The molecular weight excluding hydrogens is 469 g/mol. The minimum Gasteiger partial charge on any atom is -0.444 e. The number of anilines is 3. The van der Waals surface area contributed by atoms with Crippen LogP contribution in [0.4, 0.5) is 26.4 Å². The number of hydrogen-bond acceptors (Lipinski definition) is 6. The number of aromatic nitrogens is 1. The van der Waals surface area contributed by atoms with Crippen LogP contribution in [0.15, 0.2) is 61.3 Å². The highest BCUT2D eigenvalue weighted by atomic mass is 19.1. The number of nitriles is 1. The summed E-state index contributed by atoms with van der Waals surface area (Å²) in [6.07, 6.45) is 3.64. The Morgan fingerprint density at radius 2 is 1.95 bits per heavy atom. The normalized spacial score (nSPS) is 10.8. The maximum absolute atomic E-state index is 15.0. The van der Waals surface area contributed by atoms with Gasteiger partial charge in [0.1, 0.15) is 17.2 Å². The molecule has 1 heterocycles. The molecule has 0 saturated heterocycles. The average molecular weight is 502 g/mol. The third kappa shape index (κ3) is 7.55. The zero-order valence-electron chi connectivity index (χ0n) is 21.6. The molecule has 0 radical (unpaired) electrons. The fourth-order valence-electron chi connectivity index (χ4n) is 3.56. The van der Waals surface area contributed by atoms with Gasteiger partial charge in [0.15, 0.2) is 0 Å². The molecule has 2 aromatic carbocycles. The molecule has 0 unspecified atom stereocenters. The molecule has 8 heteroatoms. The van der Waals surface area contributed by atoms with Crippen molar-refractivity contribution in [2.45, 2.75) is 39.7 Å². The topological polar surface area (TPSA) is 90.3 Å². The van der Waals surface area contributed by atoms with E-state index in [1.165, 1.54) is 6.07 Å². The quantitative estimate of drug-likeness (QED) is 0.302. The van der Waals surface area contributed by atoms with Crippen LogP contribution in [0.3, 0.4) is 0 Å². The summed E-state index contributed by atoms with van der Waals surface area (Å²) in [5.74, 6) is -0.0337. The molecule has 0 aliphatic heterocycles. The van der Waals surface area contributed by atoms with E-state index in [0.717, 1.165) is 17.5 Å². The van der Waals surface area contributed by atoms with Crippen molar-refractivity contribution in [3.05, 3.63) is 78.3 Å². The van der Waals surface area contributed by atoms with Crippen molar-refractivity contribution < 1.29 is 13.9 Å². The fourth-order valence-corrected chi connectivity index (χ4v) is 3.56. The predicted molar refractivity (Wildman–Crippen MR) is 146 cm³/mol. The molecule has 1 amide bonds. The maximum Gasteiger partial charge on any atom is 0.411 e. The van der Waals surface area contributed by atoms with Crippen molar-refractivity contribution in [2.24, 2.45) is 0 Å². The van der Waals surface area contributed by atoms with Crippen molar-refractivity contribution in [3.63, 3.8) is 0 Å². The Bertz CT molecular complexity index is 1310. The van der Waals surface area contributed by atoms with Crippen molar-refractivity contribution >= 4 is 29.4 Å². The van der Waals surface area contributed by atoms with Crippen LogP contribution in [0.5, 0.6) is 0 Å². The first kappa shape index (κ1) is 27.2. The lowest BCUT2D eigenvalue weighted by Gasteiger charge is -2.28. The van der Waals surface area contributed by atoms with Gasteiger partial charge >= 0.3 is 6.09 Å². The van der Waals surface area contributed by atoms with Crippen molar-refractivity contribution in [2.75, 3.05) is 23.8 Å². The molecule has 3 aromatic rings. The van der Waals surface area contributed by atoms with E-state index in [2.05, 4.69) is 28.3 Å². The Morgan fingerprint density at radius 3 is 2.59 bits per heavy atom. The summed E-state index contributed by atoms with van der Waals surface area (Å²) in [7, 11) is 0. The van der Waals surface area contributed by atoms with Gasteiger partial charge in [-0.05, 0) is 62.6 Å². The summed E-state index contributed by atoms with van der Waals surface area (Å²) < 4.78 is 20.5. The average Bonchev–Trinajstić information content (AvgIpc) is 2.86. The van der Waals surface area contributed by atoms with Gasteiger partial charge in [0.25, 0.3) is 0 Å². The molecule has 0 aliphatic carbocycles. The van der Waals surface area contributed by atoms with Gasteiger partial charge < -0.3 is 15.4 Å². The van der Waals surface area contributed by atoms with Gasteiger partial charge in [-0.2, -0.15) is 5.26 Å². The van der Waals surface area contributed by atoms with Gasteiger partial charge in [0.05, 0.1) is 24.0 Å². The monoisotopic (exact) mass is 501 g/mol. The Hall–Kier alpha value is -4.38. The molecule has 7 nitrogen and oxygen atoms in total. The Morgan fingerprint density at radius 1 is 1.19 bits per heavy atom. The van der Waals surface area contributed by atoms with Crippen molar-refractivity contribution in [3.8, 4) is 17.2 Å². The largest absolute Gasteiger partial charge is 0.444 e. The van der Waals surface area contributed by atoms with E-state index in [4.69, 9.17) is 10.00 Å². The highest BCUT2D eigenvalue weighted by Gasteiger charge is 2.21. The third-order valence-corrected chi connectivity index (χ3v) is 5.32. The number of nitrogens with zero attached hydrogens (tertiary/aromatic N) is 3. The van der Waals surface area contributed by atoms with Crippen LogP contribution in [-0.2, 0) is 4.74 Å². The molecule has 192 valence electrons. The van der Waals surface area contributed by atoms with Gasteiger partial charge in [-0.25, -0.2) is 14.2 Å². The second-order valence-corrected chi connectivity index (χ2v) is 9.45. The molecule has 0 aliphatic rings. The van der Waals surface area contributed by atoms with E-state index >= 15 is 0 Å². The van der Waals surface area contributed by atoms with E-state index in [0.29, 0.717) is 29.2 Å². The summed E-state index contributed by atoms with van der Waals surface area (Å²) in [5, 5.41) is 15.4. The zero-order valence-corrected chi connectivity index (χ0v) is 21.6. The van der Waals surface area contributed by atoms with Gasteiger partial charge in [-0.1, -0.05) is 37.8 Å². The first-order valence-corrected chi connectivity index (χ1v) is 12.0. The molecule has 0 spiro atoms. The number of nitrogens with one attached hydrogen (secondary N) is 2. The molecule has 0 atom stereocenters. The highest BCUT2D eigenvalue weighted by molar-refractivity contribution is 5.73. The van der Waals surface area contributed by atoms with Crippen LogP contribution in [0, 0.1) is 17.1 Å². The maximum atomic E-state index is 15.0. The summed E-state index contributed by atoms with van der Waals surface area (Å²) in [6, 6.07) is 15.7. The van der Waals surface area contributed by atoms with E-state index in [-0.39, 0.29) is 12.4 Å². The van der Waals surface area contributed by atoms with E-state index < -0.39 is 17.5 Å². The van der Waals surface area contributed by atoms with Crippen LogP contribution < -0.4 is 10.6 Å². The molecular formula is C29H32FN5O2. The van der Waals surface area contributed by atoms with Crippen LogP contribution in [-0.4, -0.2) is 34.8 Å². The van der Waals surface area contributed by atoms with Crippen LogP contribution in [0.2, 0.25) is 0 Å². The number of amides is 1. The Kier molecular flexibility index (Phi) is 8.86. The Balaban J connectivity index is 1.78. The zero-order chi connectivity index (χ0) is 27.0. The first-order valence-electron chi connectivity index (χ1n) is 12.0. The number of ether oxygens (including phenoxy) is 1. The fraction of sp³-hybridized carbons (Fsp3) is 0.276. The molecule has 37 heavy (non-hydrogen) atoms. The van der Waals surface area contributed by atoms with Crippen LogP contribution >= 0.6 is 0 Å². The molecule has 0 saturated carbocycles. The first-order chi connectivity index (χ1) is 17.6. The standard InChI is InChI=1S/C29H32FN5O2/c1-6-13-35(28(36)37-29(3,4)5)19-33-26-16-27(32-18-21(26)7-2)34-25-12-11-23(15-24(25)30)22-10-8-9-20(14-22)17-31/h7-12,14-16,18H,2,6,13,19H2,1,3-5H3,(H2,32,33,34). The van der Waals surface area contributed by atoms with Crippen molar-refractivity contribution in [1.29, 1.82) is 5.26 Å². The molecule has 1 aromatic heterocycles. The number of pyridine rings is 1. The van der Waals surface area contributed by atoms with Gasteiger partial charge in [-0.15, -0.1) is 0 Å². The lowest BCUT2D eigenvalue weighted by atomic mass is 10.0. The lowest BCUT2D eigenvalue weighted by Crippen LogP contribution is -2.40. The summed E-state index contributed by atoms with van der Waals surface area (Å²) >= 11 is 0. The SMILES string of the molecule is C=Cc1cnc(Nc2ccc(-c3cccc(C#N)c3)cc2F)cc1NCN(CCC)C(=O)OC(C)(C)C. The number of carbonyl (C=O) groups excluding carboxylic acids is 1. The van der Waals surface area contributed by atoms with Crippen LogP contribution in [0.1, 0.15) is 45.2 Å². The van der Waals surface area contributed by atoms with Crippen molar-refractivity contribution in [1.82, 2.24) is 9.88 Å². The smallest absolute Gasteiger partial charge is 0.411 e. The number of hydrogen-bond donors (Lipinski definition) is 2. The summed E-state index contributed by atoms with van der Waals surface area (Å²) in [6.45, 7) is 12.0. The number of carbonyl (C=O) groups is 1. The summed E-state index contributed by atoms with van der Waals surface area (Å²) in [5.41, 5.74) is 3.01. The minimum absolute atomic E-state index is 0.220. The predicted octanol–water partition coefficient (Wildman–Crippen LogP) is 7.16. The Labute approximate surface area is 217 Å². The van der Waals surface area contributed by atoms with E-state index in [9.17, 15) is 9.18 Å². The number of rotatable bonds is 9. The molecule has 2 N–H and O–H groups in total. The van der Waals surface area contributed by atoms with E-state index in [1.54, 1.807) is 53.6 Å². The number of benzene rings is 2. The second kappa shape index (κ2) is 12.0. The lowest BCUT2D eigenvalue weighted by molar-refractivity contribution is 0.0264. The van der Waals surface area contributed by atoms with Crippen LogP contribution in [0.25, 0.3) is 17.2 Å². The van der Waals surface area contributed by atoms with Gasteiger partial charge in [-0.3, -0.25) is 4.90 Å². The summed E-state index contributed by atoms with van der Waals surface area (Å²) in [4.78, 5) is 18.6. The molecule has 3 rings (SSSR count).